The Morgan fingerprint density at radius 1 is 1.46 bits per heavy atom. The topological polar surface area (TPSA) is 88.8 Å². The maximum absolute atomic E-state index is 13.1. The van der Waals surface area contributed by atoms with Crippen molar-refractivity contribution in [1.29, 1.82) is 0 Å². The summed E-state index contributed by atoms with van der Waals surface area (Å²) in [7, 11) is 3.18. The van der Waals surface area contributed by atoms with Gasteiger partial charge in [-0.15, -0.1) is 0 Å². The fourth-order valence-corrected chi connectivity index (χ4v) is 3.42. The fraction of sp³-hybridized carbons (Fsp3) is 0.500. The first kappa shape index (κ1) is 16.4. The molecule has 0 saturated carbocycles. The molecule has 2 aromatic rings. The number of hydrogen-bond donors (Lipinski definition) is 1. The molecule has 1 saturated heterocycles. The van der Waals surface area contributed by atoms with Crippen molar-refractivity contribution in [3.05, 3.63) is 30.2 Å². The molecule has 1 aliphatic rings. The molecule has 1 N–H and O–H groups in total. The number of amides is 2. The zero-order chi connectivity index (χ0) is 17.2. The van der Waals surface area contributed by atoms with Crippen molar-refractivity contribution in [2.45, 2.75) is 24.8 Å². The minimum Gasteiger partial charge on any atom is -0.382 e. The molecule has 3 rings (SSSR count). The lowest BCUT2D eigenvalue weighted by Gasteiger charge is -2.37. The lowest BCUT2D eigenvalue weighted by molar-refractivity contribution is -0.123. The van der Waals surface area contributed by atoms with Gasteiger partial charge in [-0.1, -0.05) is 0 Å². The Morgan fingerprint density at radius 2 is 2.29 bits per heavy atom. The third-order valence-corrected chi connectivity index (χ3v) is 4.53. The summed E-state index contributed by atoms with van der Waals surface area (Å²) in [5, 5.41) is 6.82. The molecule has 0 radical (unpaired) electrons. The summed E-state index contributed by atoms with van der Waals surface area (Å²) in [6.45, 7) is 0.905. The third-order valence-electron chi connectivity index (χ3n) is 4.53. The minimum atomic E-state index is -0.630. The smallest absolute Gasteiger partial charge is 0.259 e. The Morgan fingerprint density at radius 3 is 3.04 bits per heavy atom. The molecular formula is C16H21N5O3. The van der Waals surface area contributed by atoms with Crippen molar-refractivity contribution in [2.24, 2.45) is 0 Å². The van der Waals surface area contributed by atoms with Crippen molar-refractivity contribution < 1.29 is 14.3 Å². The zero-order valence-electron chi connectivity index (χ0n) is 13.9. The van der Waals surface area contributed by atoms with E-state index in [1.165, 1.54) is 6.20 Å². The van der Waals surface area contributed by atoms with Gasteiger partial charge in [0, 0.05) is 33.1 Å². The van der Waals surface area contributed by atoms with E-state index in [0.717, 1.165) is 12.8 Å². The van der Waals surface area contributed by atoms with Crippen LogP contribution in [0.15, 0.2) is 24.7 Å². The largest absolute Gasteiger partial charge is 0.382 e. The van der Waals surface area contributed by atoms with E-state index in [1.807, 2.05) is 0 Å². The molecule has 0 spiro atoms. The number of methoxy groups -OCH3 is 1. The average Bonchev–Trinajstić information content (AvgIpc) is 3.19. The number of aromatic nitrogens is 3. The molecular weight excluding hydrogens is 310 g/mol. The Hall–Kier alpha value is -2.48. The van der Waals surface area contributed by atoms with Gasteiger partial charge < -0.3 is 15.0 Å². The van der Waals surface area contributed by atoms with E-state index in [4.69, 9.17) is 4.74 Å². The summed E-state index contributed by atoms with van der Waals surface area (Å²) in [6.07, 6.45) is 6.68. The van der Waals surface area contributed by atoms with E-state index in [-0.39, 0.29) is 18.2 Å². The van der Waals surface area contributed by atoms with Crippen molar-refractivity contribution in [3.8, 4) is 0 Å². The number of fused-ring (bicyclic) bond motifs is 1. The van der Waals surface area contributed by atoms with Crippen LogP contribution in [0.25, 0.3) is 5.65 Å². The molecule has 128 valence electrons. The molecule has 1 aliphatic heterocycles. The van der Waals surface area contributed by atoms with Gasteiger partial charge in [-0.25, -0.2) is 9.50 Å². The Kier molecular flexibility index (Phi) is 4.48. The van der Waals surface area contributed by atoms with Gasteiger partial charge in [0.25, 0.3) is 5.91 Å². The molecule has 0 aliphatic carbocycles. The van der Waals surface area contributed by atoms with Crippen molar-refractivity contribution >= 4 is 17.5 Å². The monoisotopic (exact) mass is 331 g/mol. The number of nitrogens with one attached hydrogen (secondary N) is 1. The standard InChI is InChI=1S/C16H21N5O3/c1-17-13(22)9-16(11-24-2)5-3-7-20(16)15(23)12-10-19-21-8-4-6-18-14(12)21/h4,6,8,10H,3,5,7,9,11H2,1-2H3,(H,17,22)/t16-/m0/s1. The van der Waals surface area contributed by atoms with Gasteiger partial charge in [0.15, 0.2) is 5.65 Å². The number of carbonyl (C=O) groups is 2. The minimum absolute atomic E-state index is 0.107. The van der Waals surface area contributed by atoms with Crippen LogP contribution in [0.3, 0.4) is 0 Å². The second kappa shape index (κ2) is 6.56. The molecule has 2 aromatic heterocycles. The number of likely N-dealkylation sites (tertiary alicyclic amines) is 1. The van der Waals surface area contributed by atoms with Crippen LogP contribution in [0, 0.1) is 0 Å². The van der Waals surface area contributed by atoms with E-state index < -0.39 is 5.54 Å². The van der Waals surface area contributed by atoms with Crippen LogP contribution in [-0.4, -0.2) is 64.2 Å². The van der Waals surface area contributed by atoms with Crippen LogP contribution in [0.2, 0.25) is 0 Å². The van der Waals surface area contributed by atoms with E-state index in [9.17, 15) is 9.59 Å². The van der Waals surface area contributed by atoms with E-state index >= 15 is 0 Å². The Bertz CT molecular complexity index is 759. The first-order valence-electron chi connectivity index (χ1n) is 7.91. The number of carbonyl (C=O) groups excluding carboxylic acids is 2. The van der Waals surface area contributed by atoms with E-state index in [1.54, 1.807) is 42.0 Å². The third kappa shape index (κ3) is 2.73. The first-order chi connectivity index (χ1) is 11.6. The highest BCUT2D eigenvalue weighted by molar-refractivity contribution is 6.00. The van der Waals surface area contributed by atoms with Crippen LogP contribution < -0.4 is 5.32 Å². The zero-order valence-corrected chi connectivity index (χ0v) is 13.9. The maximum Gasteiger partial charge on any atom is 0.259 e. The average molecular weight is 331 g/mol. The second-order valence-corrected chi connectivity index (χ2v) is 6.01. The summed E-state index contributed by atoms with van der Waals surface area (Å²) in [5.74, 6) is -0.271. The van der Waals surface area contributed by atoms with Crippen LogP contribution in [0.5, 0.6) is 0 Å². The molecule has 8 nitrogen and oxygen atoms in total. The maximum atomic E-state index is 13.1. The molecule has 0 unspecified atom stereocenters. The normalized spacial score (nSPS) is 20.5. The molecule has 3 heterocycles. The van der Waals surface area contributed by atoms with Crippen LogP contribution in [-0.2, 0) is 9.53 Å². The fourth-order valence-electron chi connectivity index (χ4n) is 3.42. The van der Waals surface area contributed by atoms with Gasteiger partial charge in [0.2, 0.25) is 5.91 Å². The van der Waals surface area contributed by atoms with Gasteiger partial charge in [0.05, 0.1) is 24.8 Å². The molecule has 2 amide bonds. The lowest BCUT2D eigenvalue weighted by atomic mass is 9.92. The SMILES string of the molecule is CNC(=O)C[C@]1(COC)CCCN1C(=O)c1cnn2cccnc12. The first-order valence-corrected chi connectivity index (χ1v) is 7.91. The van der Waals surface area contributed by atoms with Crippen LogP contribution in [0.4, 0.5) is 0 Å². The molecule has 0 bridgehead atoms. The highest BCUT2D eigenvalue weighted by Gasteiger charge is 2.45. The van der Waals surface area contributed by atoms with Gasteiger partial charge in [-0.2, -0.15) is 5.10 Å². The highest BCUT2D eigenvalue weighted by Crippen LogP contribution is 2.34. The molecule has 8 heteroatoms. The predicted molar refractivity (Wildman–Crippen MR) is 86.5 cm³/mol. The Balaban J connectivity index is 1.96. The molecule has 1 fully saturated rings. The quantitative estimate of drug-likeness (QED) is 0.861. The summed E-state index contributed by atoms with van der Waals surface area (Å²) in [6, 6.07) is 1.75. The summed E-state index contributed by atoms with van der Waals surface area (Å²) in [4.78, 5) is 31.1. The van der Waals surface area contributed by atoms with E-state index in [0.29, 0.717) is 24.4 Å². The van der Waals surface area contributed by atoms with Crippen LogP contribution >= 0.6 is 0 Å². The predicted octanol–water partition coefficient (Wildman–Crippen LogP) is 0.487. The summed E-state index contributed by atoms with van der Waals surface area (Å²) in [5.41, 5.74) is 0.324. The second-order valence-electron chi connectivity index (χ2n) is 6.01. The van der Waals surface area contributed by atoms with Crippen LogP contribution in [0.1, 0.15) is 29.6 Å². The number of hydrogen-bond acceptors (Lipinski definition) is 5. The Labute approximate surface area is 139 Å². The van der Waals surface area contributed by atoms with E-state index in [2.05, 4.69) is 15.4 Å². The van der Waals surface area contributed by atoms with Gasteiger partial charge in [-0.05, 0) is 18.9 Å². The summed E-state index contributed by atoms with van der Waals surface area (Å²) >= 11 is 0. The lowest BCUT2D eigenvalue weighted by Crippen LogP contribution is -2.52. The number of ether oxygens (including phenoxy) is 1. The van der Waals surface area contributed by atoms with Crippen molar-refractivity contribution in [2.75, 3.05) is 27.3 Å². The molecule has 0 aromatic carbocycles. The van der Waals surface area contributed by atoms with Gasteiger partial charge in [-0.3, -0.25) is 9.59 Å². The van der Waals surface area contributed by atoms with Crippen molar-refractivity contribution in [1.82, 2.24) is 24.8 Å². The highest BCUT2D eigenvalue weighted by atomic mass is 16.5. The number of nitrogens with zero attached hydrogens (tertiary/aromatic N) is 4. The van der Waals surface area contributed by atoms with Gasteiger partial charge >= 0.3 is 0 Å². The summed E-state index contributed by atoms with van der Waals surface area (Å²) < 4.78 is 6.92. The molecule has 1 atom stereocenters. The van der Waals surface area contributed by atoms with Gasteiger partial charge in [0.1, 0.15) is 5.56 Å². The number of rotatable bonds is 5. The van der Waals surface area contributed by atoms with Crippen molar-refractivity contribution in [3.63, 3.8) is 0 Å². The molecule has 24 heavy (non-hydrogen) atoms.